The lowest BCUT2D eigenvalue weighted by atomic mass is 10.1. The Bertz CT molecular complexity index is 577. The Morgan fingerprint density at radius 2 is 1.90 bits per heavy atom. The third-order valence-corrected chi connectivity index (χ3v) is 3.74. The fraction of sp³-hybridized carbons (Fsp3) is 0.467. The quantitative estimate of drug-likeness (QED) is 0.796. The molecule has 0 bridgehead atoms. The zero-order chi connectivity index (χ0) is 13.8. The van der Waals surface area contributed by atoms with Gasteiger partial charge in [-0.05, 0) is 31.5 Å². The van der Waals surface area contributed by atoms with Crippen molar-refractivity contribution in [2.45, 2.75) is 25.3 Å². The Kier molecular flexibility index (Phi) is 3.97. The SMILES string of the molecule is CNc1nc2ccccc2nc1NC[C@H]1CCCCN1. The first-order chi connectivity index (χ1) is 9.86. The van der Waals surface area contributed by atoms with Crippen LogP contribution in [0.4, 0.5) is 11.6 Å². The summed E-state index contributed by atoms with van der Waals surface area (Å²) in [5.41, 5.74) is 1.84. The van der Waals surface area contributed by atoms with E-state index in [2.05, 4.69) is 25.9 Å². The minimum absolute atomic E-state index is 0.529. The number of aromatic nitrogens is 2. The number of hydrogen-bond acceptors (Lipinski definition) is 5. The van der Waals surface area contributed by atoms with E-state index in [1.54, 1.807) is 0 Å². The van der Waals surface area contributed by atoms with E-state index in [-0.39, 0.29) is 0 Å². The van der Waals surface area contributed by atoms with E-state index in [1.807, 2.05) is 31.3 Å². The Morgan fingerprint density at radius 1 is 1.15 bits per heavy atom. The normalized spacial score (nSPS) is 18.9. The van der Waals surface area contributed by atoms with Crippen LogP contribution in [-0.4, -0.2) is 36.1 Å². The lowest BCUT2D eigenvalue weighted by Crippen LogP contribution is -2.39. The molecule has 106 valence electrons. The molecule has 20 heavy (non-hydrogen) atoms. The minimum atomic E-state index is 0.529. The number of anilines is 2. The van der Waals surface area contributed by atoms with Crippen LogP contribution in [0.25, 0.3) is 11.0 Å². The molecule has 0 saturated carbocycles. The number of hydrogen-bond donors (Lipinski definition) is 3. The molecular formula is C15H21N5. The summed E-state index contributed by atoms with van der Waals surface area (Å²) in [4.78, 5) is 9.27. The number of benzene rings is 1. The molecule has 1 aromatic carbocycles. The van der Waals surface area contributed by atoms with Gasteiger partial charge in [-0.1, -0.05) is 18.6 Å². The summed E-state index contributed by atoms with van der Waals surface area (Å²) in [7, 11) is 1.88. The summed E-state index contributed by atoms with van der Waals surface area (Å²) in [6, 6.07) is 8.47. The molecule has 1 fully saturated rings. The first-order valence-electron chi connectivity index (χ1n) is 7.28. The third kappa shape index (κ3) is 2.82. The number of para-hydroxylation sites is 2. The van der Waals surface area contributed by atoms with Crippen molar-refractivity contribution in [2.24, 2.45) is 0 Å². The average molecular weight is 271 g/mol. The lowest BCUT2D eigenvalue weighted by Gasteiger charge is -2.24. The second-order valence-electron chi connectivity index (χ2n) is 5.19. The molecule has 3 rings (SSSR count). The highest BCUT2D eigenvalue weighted by Gasteiger charge is 2.14. The van der Waals surface area contributed by atoms with Crippen LogP contribution in [0.2, 0.25) is 0 Å². The molecular weight excluding hydrogens is 250 g/mol. The summed E-state index contributed by atoms with van der Waals surface area (Å²) < 4.78 is 0. The number of nitrogens with one attached hydrogen (secondary N) is 3. The van der Waals surface area contributed by atoms with Gasteiger partial charge in [0.25, 0.3) is 0 Å². The Morgan fingerprint density at radius 3 is 2.55 bits per heavy atom. The number of nitrogens with zero attached hydrogens (tertiary/aromatic N) is 2. The number of piperidine rings is 1. The first kappa shape index (κ1) is 13.1. The molecule has 1 aliphatic rings. The van der Waals surface area contributed by atoms with E-state index in [9.17, 15) is 0 Å². The summed E-state index contributed by atoms with van der Waals surface area (Å²) in [6.07, 6.45) is 3.82. The van der Waals surface area contributed by atoms with Crippen molar-refractivity contribution >= 4 is 22.7 Å². The smallest absolute Gasteiger partial charge is 0.169 e. The molecule has 1 aromatic heterocycles. The Hall–Kier alpha value is -1.88. The van der Waals surface area contributed by atoms with Crippen molar-refractivity contribution in [2.75, 3.05) is 30.8 Å². The van der Waals surface area contributed by atoms with Gasteiger partial charge in [-0.2, -0.15) is 0 Å². The van der Waals surface area contributed by atoms with Gasteiger partial charge >= 0.3 is 0 Å². The van der Waals surface area contributed by atoms with Crippen molar-refractivity contribution in [3.63, 3.8) is 0 Å². The molecule has 1 aliphatic heterocycles. The largest absolute Gasteiger partial charge is 0.370 e. The van der Waals surface area contributed by atoms with E-state index >= 15 is 0 Å². The highest BCUT2D eigenvalue weighted by molar-refractivity contribution is 5.80. The maximum absolute atomic E-state index is 4.67. The molecule has 1 atom stereocenters. The van der Waals surface area contributed by atoms with Gasteiger partial charge in [-0.25, -0.2) is 9.97 Å². The number of fused-ring (bicyclic) bond motifs is 1. The predicted molar refractivity (Wildman–Crippen MR) is 83.2 cm³/mol. The molecule has 0 unspecified atom stereocenters. The van der Waals surface area contributed by atoms with Gasteiger partial charge in [0, 0.05) is 19.6 Å². The van der Waals surface area contributed by atoms with E-state index in [4.69, 9.17) is 0 Å². The van der Waals surface area contributed by atoms with Gasteiger partial charge in [0.05, 0.1) is 11.0 Å². The van der Waals surface area contributed by atoms with Crippen LogP contribution in [0, 0.1) is 0 Å². The van der Waals surface area contributed by atoms with Crippen LogP contribution in [0.1, 0.15) is 19.3 Å². The topological polar surface area (TPSA) is 61.9 Å². The van der Waals surface area contributed by atoms with E-state index in [0.29, 0.717) is 6.04 Å². The van der Waals surface area contributed by atoms with E-state index in [0.717, 1.165) is 35.8 Å². The fourth-order valence-electron chi connectivity index (χ4n) is 2.62. The maximum Gasteiger partial charge on any atom is 0.169 e. The van der Waals surface area contributed by atoms with Crippen LogP contribution in [0.3, 0.4) is 0 Å². The van der Waals surface area contributed by atoms with E-state index < -0.39 is 0 Å². The third-order valence-electron chi connectivity index (χ3n) is 3.74. The summed E-state index contributed by atoms with van der Waals surface area (Å²) in [5.74, 6) is 1.64. The van der Waals surface area contributed by atoms with Crippen LogP contribution in [0.5, 0.6) is 0 Å². The molecule has 0 aliphatic carbocycles. The minimum Gasteiger partial charge on any atom is -0.370 e. The van der Waals surface area contributed by atoms with Crippen LogP contribution < -0.4 is 16.0 Å². The van der Waals surface area contributed by atoms with Gasteiger partial charge < -0.3 is 16.0 Å². The molecule has 2 heterocycles. The zero-order valence-corrected chi connectivity index (χ0v) is 11.8. The molecule has 1 saturated heterocycles. The van der Waals surface area contributed by atoms with Gasteiger partial charge in [0.1, 0.15) is 0 Å². The van der Waals surface area contributed by atoms with Crippen molar-refractivity contribution in [1.82, 2.24) is 15.3 Å². The van der Waals surface area contributed by atoms with E-state index in [1.165, 1.54) is 19.3 Å². The number of rotatable bonds is 4. The van der Waals surface area contributed by atoms with Crippen LogP contribution in [0.15, 0.2) is 24.3 Å². The molecule has 2 aromatic rings. The van der Waals surface area contributed by atoms with Gasteiger partial charge in [0.2, 0.25) is 0 Å². The predicted octanol–water partition coefficient (Wildman–Crippen LogP) is 2.23. The van der Waals surface area contributed by atoms with Gasteiger partial charge in [0.15, 0.2) is 11.6 Å². The summed E-state index contributed by atoms with van der Waals surface area (Å²) in [5, 5.41) is 10.1. The first-order valence-corrected chi connectivity index (χ1v) is 7.28. The summed E-state index contributed by atoms with van der Waals surface area (Å²) in [6.45, 7) is 2.01. The molecule has 0 amide bonds. The average Bonchev–Trinajstić information content (AvgIpc) is 2.53. The standard InChI is InChI=1S/C15H21N5/c1-16-14-15(18-10-11-6-4-5-9-17-11)20-13-8-3-2-7-12(13)19-14/h2-3,7-8,11,17H,4-6,9-10H2,1H3,(H,16,19)(H,18,20)/t11-/m1/s1. The molecule has 0 radical (unpaired) electrons. The van der Waals surface area contributed by atoms with Crippen LogP contribution in [-0.2, 0) is 0 Å². The van der Waals surface area contributed by atoms with Crippen molar-refractivity contribution in [3.8, 4) is 0 Å². The molecule has 3 N–H and O–H groups in total. The highest BCUT2D eigenvalue weighted by Crippen LogP contribution is 2.21. The Labute approximate surface area is 119 Å². The molecule has 5 nitrogen and oxygen atoms in total. The lowest BCUT2D eigenvalue weighted by molar-refractivity contribution is 0.414. The fourth-order valence-corrected chi connectivity index (χ4v) is 2.62. The second-order valence-corrected chi connectivity index (χ2v) is 5.19. The summed E-state index contributed by atoms with van der Waals surface area (Å²) >= 11 is 0. The second kappa shape index (κ2) is 6.05. The maximum atomic E-state index is 4.67. The molecule has 5 heteroatoms. The van der Waals surface area contributed by atoms with Crippen molar-refractivity contribution in [1.29, 1.82) is 0 Å². The molecule has 0 spiro atoms. The monoisotopic (exact) mass is 271 g/mol. The van der Waals surface area contributed by atoms with Gasteiger partial charge in [-0.3, -0.25) is 0 Å². The zero-order valence-electron chi connectivity index (χ0n) is 11.8. The van der Waals surface area contributed by atoms with Gasteiger partial charge in [-0.15, -0.1) is 0 Å². The van der Waals surface area contributed by atoms with Crippen molar-refractivity contribution < 1.29 is 0 Å². The van der Waals surface area contributed by atoms with Crippen molar-refractivity contribution in [3.05, 3.63) is 24.3 Å². The Balaban J connectivity index is 1.78. The highest BCUT2D eigenvalue weighted by atomic mass is 15.1. The van der Waals surface area contributed by atoms with Crippen LogP contribution >= 0.6 is 0 Å².